The molecule has 1 heterocycles. The summed E-state index contributed by atoms with van der Waals surface area (Å²) >= 11 is 0. The second-order valence-electron chi connectivity index (χ2n) is 12.6. The van der Waals surface area contributed by atoms with Gasteiger partial charge >= 0.3 is 17.9 Å². The van der Waals surface area contributed by atoms with E-state index in [1.54, 1.807) is 50.3 Å². The van der Waals surface area contributed by atoms with Crippen LogP contribution in [0.2, 0.25) is 0 Å². The number of ether oxygens (including phenoxy) is 4. The molecule has 1 aromatic rings. The molecule has 9 nitrogen and oxygen atoms in total. The lowest BCUT2D eigenvalue weighted by molar-refractivity contribution is -0.154. The summed E-state index contributed by atoms with van der Waals surface area (Å²) < 4.78 is 23.8. The predicted molar refractivity (Wildman–Crippen MR) is 142 cm³/mol. The van der Waals surface area contributed by atoms with Crippen molar-refractivity contribution in [3.8, 4) is 0 Å². The molecule has 0 unspecified atom stereocenters. The van der Waals surface area contributed by atoms with Gasteiger partial charge in [0.1, 0.15) is 24.4 Å². The molecule has 2 saturated carbocycles. The Morgan fingerprint density at radius 1 is 0.950 bits per heavy atom. The van der Waals surface area contributed by atoms with E-state index < -0.39 is 70.8 Å². The van der Waals surface area contributed by atoms with Crippen molar-refractivity contribution in [1.29, 1.82) is 0 Å². The summed E-state index contributed by atoms with van der Waals surface area (Å²) in [6.45, 7) is 11.8. The number of aliphatic hydroxyl groups excluding tert-OH is 1. The fraction of sp³-hybridized carbons (Fsp3) is 0.613. The standard InChI is InChI=1S/C31H38O9/c1-15-13-31-27(38-19(5)33)16(2)14-30(31,40-31)26(35)17(3)24(37-18(4)32)21-22(29(21,6)7)25(23(15)34)39-28(36)20-11-9-8-10-12-20/h8-13,16-17,21-25,27,34H,14H2,1-7H3/t16-,17+,21-,22+,23+,24-,25-,27-,30-,31-/m0/s1. The van der Waals surface area contributed by atoms with Crippen LogP contribution < -0.4 is 0 Å². The van der Waals surface area contributed by atoms with Crippen molar-refractivity contribution in [1.82, 2.24) is 0 Å². The van der Waals surface area contributed by atoms with Crippen LogP contribution in [0, 0.1) is 29.1 Å². The van der Waals surface area contributed by atoms with Gasteiger partial charge < -0.3 is 24.1 Å². The zero-order valence-corrected chi connectivity index (χ0v) is 24.0. The van der Waals surface area contributed by atoms with Gasteiger partial charge in [-0.05, 0) is 48.5 Å². The first-order valence-electron chi connectivity index (χ1n) is 13.9. The van der Waals surface area contributed by atoms with Crippen LogP contribution in [0.1, 0.15) is 65.2 Å². The molecular weight excluding hydrogens is 516 g/mol. The zero-order chi connectivity index (χ0) is 29.4. The van der Waals surface area contributed by atoms with Gasteiger partial charge in [0.2, 0.25) is 0 Å². The Labute approximate surface area is 234 Å². The van der Waals surface area contributed by atoms with Crippen LogP contribution in [0.15, 0.2) is 42.0 Å². The number of fused-ring (bicyclic) bond motifs is 1. The summed E-state index contributed by atoms with van der Waals surface area (Å²) in [6, 6.07) is 8.51. The Balaban J connectivity index is 1.63. The minimum atomic E-state index is -1.29. The average molecular weight is 555 g/mol. The number of rotatable bonds is 4. The van der Waals surface area contributed by atoms with Gasteiger partial charge in [0.05, 0.1) is 11.5 Å². The topological polar surface area (TPSA) is 129 Å². The van der Waals surface area contributed by atoms with E-state index in [-0.39, 0.29) is 17.6 Å². The number of hydrogen-bond donors (Lipinski definition) is 1. The van der Waals surface area contributed by atoms with Crippen LogP contribution in [-0.4, -0.2) is 64.4 Å². The van der Waals surface area contributed by atoms with Crippen LogP contribution in [0.5, 0.6) is 0 Å². The summed E-state index contributed by atoms with van der Waals surface area (Å²) in [5.41, 5.74) is -2.33. The Bertz CT molecular complexity index is 1270. The van der Waals surface area contributed by atoms with E-state index in [2.05, 4.69) is 0 Å². The van der Waals surface area contributed by atoms with Crippen molar-refractivity contribution in [3.05, 3.63) is 47.5 Å². The minimum absolute atomic E-state index is 0.207. The molecule has 3 fully saturated rings. The Morgan fingerprint density at radius 2 is 1.55 bits per heavy atom. The third-order valence-corrected chi connectivity index (χ3v) is 9.56. The van der Waals surface area contributed by atoms with E-state index in [9.17, 15) is 24.3 Å². The molecule has 5 rings (SSSR count). The summed E-state index contributed by atoms with van der Waals surface area (Å²) in [4.78, 5) is 51.8. The molecule has 1 aromatic carbocycles. The van der Waals surface area contributed by atoms with Crippen molar-refractivity contribution in [2.24, 2.45) is 29.1 Å². The van der Waals surface area contributed by atoms with E-state index in [1.807, 2.05) is 20.8 Å². The van der Waals surface area contributed by atoms with Gasteiger partial charge in [0.25, 0.3) is 0 Å². The highest BCUT2D eigenvalue weighted by molar-refractivity contribution is 5.96. The predicted octanol–water partition coefficient (Wildman–Crippen LogP) is 3.42. The molecule has 9 heteroatoms. The van der Waals surface area contributed by atoms with Crippen molar-refractivity contribution in [2.45, 2.75) is 90.5 Å². The molecule has 40 heavy (non-hydrogen) atoms. The number of carbonyl (C=O) groups excluding carboxylic acids is 4. The number of benzene rings is 1. The van der Waals surface area contributed by atoms with Crippen molar-refractivity contribution >= 4 is 23.7 Å². The van der Waals surface area contributed by atoms with Crippen molar-refractivity contribution in [3.63, 3.8) is 0 Å². The Kier molecular flexibility index (Phi) is 6.78. The lowest BCUT2D eigenvalue weighted by Gasteiger charge is -2.28. The molecule has 216 valence electrons. The highest BCUT2D eigenvalue weighted by Crippen LogP contribution is 2.68. The van der Waals surface area contributed by atoms with Gasteiger partial charge in [0, 0.05) is 25.7 Å². The zero-order valence-electron chi connectivity index (χ0n) is 24.0. The Hall–Kier alpha value is -3.04. The molecule has 3 aliphatic carbocycles. The average Bonchev–Trinajstić information content (AvgIpc) is 3.68. The Morgan fingerprint density at radius 3 is 2.15 bits per heavy atom. The summed E-state index contributed by atoms with van der Waals surface area (Å²) in [5.74, 6) is -3.63. The molecular formula is C31H38O9. The molecule has 0 amide bonds. The van der Waals surface area contributed by atoms with Crippen LogP contribution in [0.3, 0.4) is 0 Å². The molecule has 1 saturated heterocycles. The van der Waals surface area contributed by atoms with Crippen LogP contribution in [0.4, 0.5) is 0 Å². The van der Waals surface area contributed by atoms with Crippen LogP contribution in [0.25, 0.3) is 0 Å². The SMILES string of the molecule is CC(=O)O[C@@H]1[C@@H]2[C@H]([C@H](OC(=O)c3ccccc3)[C@H](O)C(C)=C[C@@]34O[C@@]3(C[C@H](C)[C@@H]4OC(C)=O)C(=O)[C@@H]1C)C2(C)C. The first kappa shape index (κ1) is 28.5. The number of hydrogen-bond acceptors (Lipinski definition) is 9. The number of esters is 3. The van der Waals surface area contributed by atoms with Gasteiger partial charge in [-0.25, -0.2) is 4.79 Å². The molecule has 0 radical (unpaired) electrons. The highest BCUT2D eigenvalue weighted by atomic mass is 16.7. The molecule has 0 aromatic heterocycles. The van der Waals surface area contributed by atoms with Gasteiger partial charge in [-0.1, -0.05) is 45.9 Å². The summed E-state index contributed by atoms with van der Waals surface area (Å²) in [6.07, 6.45) is -1.86. The van der Waals surface area contributed by atoms with Crippen molar-refractivity contribution in [2.75, 3.05) is 0 Å². The summed E-state index contributed by atoms with van der Waals surface area (Å²) in [5, 5.41) is 11.8. The molecule has 4 aliphatic rings. The van der Waals surface area contributed by atoms with E-state index >= 15 is 0 Å². The number of carbonyl (C=O) groups is 4. The molecule has 1 aliphatic heterocycles. The van der Waals surface area contributed by atoms with Gasteiger partial charge in [0.15, 0.2) is 17.0 Å². The first-order chi connectivity index (χ1) is 18.7. The maximum absolute atomic E-state index is 14.3. The molecule has 1 N–H and O–H groups in total. The van der Waals surface area contributed by atoms with E-state index in [4.69, 9.17) is 18.9 Å². The highest BCUT2D eigenvalue weighted by Gasteiger charge is 2.84. The first-order valence-corrected chi connectivity index (χ1v) is 13.9. The fourth-order valence-electron chi connectivity index (χ4n) is 7.64. The second kappa shape index (κ2) is 9.52. The van der Waals surface area contributed by atoms with E-state index in [0.717, 1.165) is 0 Å². The normalized spacial score (nSPS) is 41.2. The van der Waals surface area contributed by atoms with Gasteiger partial charge in [-0.3, -0.25) is 14.4 Å². The third kappa shape index (κ3) is 4.20. The maximum Gasteiger partial charge on any atom is 0.338 e. The summed E-state index contributed by atoms with van der Waals surface area (Å²) in [7, 11) is 0. The van der Waals surface area contributed by atoms with Gasteiger partial charge in [-0.2, -0.15) is 0 Å². The monoisotopic (exact) mass is 554 g/mol. The number of aliphatic hydroxyl groups is 1. The lowest BCUT2D eigenvalue weighted by atomic mass is 9.80. The number of ketones is 1. The number of epoxide rings is 1. The molecule has 0 spiro atoms. The fourth-order valence-corrected chi connectivity index (χ4v) is 7.64. The van der Waals surface area contributed by atoms with Crippen molar-refractivity contribution < 1.29 is 43.2 Å². The van der Waals surface area contributed by atoms with E-state index in [1.165, 1.54) is 13.8 Å². The maximum atomic E-state index is 14.3. The van der Waals surface area contributed by atoms with Crippen LogP contribution in [-0.2, 0) is 33.3 Å². The van der Waals surface area contributed by atoms with Gasteiger partial charge in [-0.15, -0.1) is 0 Å². The largest absolute Gasteiger partial charge is 0.461 e. The smallest absolute Gasteiger partial charge is 0.338 e. The third-order valence-electron chi connectivity index (χ3n) is 9.56. The second-order valence-corrected chi connectivity index (χ2v) is 12.6. The minimum Gasteiger partial charge on any atom is -0.461 e. The molecule has 10 atom stereocenters. The van der Waals surface area contributed by atoms with Crippen LogP contribution >= 0.6 is 0 Å². The quantitative estimate of drug-likeness (QED) is 0.258. The lowest BCUT2D eigenvalue weighted by Crippen LogP contribution is -2.43. The molecule has 0 bridgehead atoms. The number of Topliss-reactive ketones (excluding diaryl/α,β-unsaturated/α-hetero) is 1. The van der Waals surface area contributed by atoms with E-state index in [0.29, 0.717) is 17.6 Å².